The van der Waals surface area contributed by atoms with Gasteiger partial charge in [0.1, 0.15) is 0 Å². The van der Waals surface area contributed by atoms with Crippen LogP contribution in [0.4, 0.5) is 0 Å². The SMILES string of the molecule is C[C@H](/C=C(/O[Si](C)(C)C(C)(C)C)C(C)(C)CO[Si](C)(C)C(C)(C)C)CCc1ccoc1. The molecule has 0 N–H and O–H groups in total. The van der Waals surface area contributed by atoms with Crippen molar-refractivity contribution in [1.29, 1.82) is 0 Å². The summed E-state index contributed by atoms with van der Waals surface area (Å²) in [5, 5.41) is 0.355. The molecule has 0 spiro atoms. The van der Waals surface area contributed by atoms with Crippen LogP contribution in [0.15, 0.2) is 34.8 Å². The molecule has 1 rings (SSSR count). The minimum atomic E-state index is -1.96. The van der Waals surface area contributed by atoms with Crippen molar-refractivity contribution >= 4 is 16.6 Å². The van der Waals surface area contributed by atoms with Gasteiger partial charge in [-0.25, -0.2) is 0 Å². The third kappa shape index (κ3) is 8.25. The van der Waals surface area contributed by atoms with E-state index >= 15 is 0 Å². The fraction of sp³-hybridized carbons (Fsp3) is 0.769. The number of furan rings is 1. The van der Waals surface area contributed by atoms with Gasteiger partial charge in [0.25, 0.3) is 0 Å². The Hall–Kier alpha value is -0.786. The normalized spacial score (nSPS) is 15.8. The first kappa shape index (κ1) is 28.2. The van der Waals surface area contributed by atoms with E-state index in [4.69, 9.17) is 13.3 Å². The highest BCUT2D eigenvalue weighted by Crippen LogP contribution is 2.43. The second-order valence-electron chi connectivity index (χ2n) is 13.0. The zero-order valence-corrected chi connectivity index (χ0v) is 24.7. The Kier molecular flexibility index (Phi) is 9.12. The van der Waals surface area contributed by atoms with Crippen LogP contribution in [0, 0.1) is 11.3 Å². The Bertz CT molecular complexity index is 702. The van der Waals surface area contributed by atoms with E-state index in [0.29, 0.717) is 12.5 Å². The second kappa shape index (κ2) is 10.0. The maximum atomic E-state index is 6.94. The van der Waals surface area contributed by atoms with Gasteiger partial charge in [0, 0.05) is 12.0 Å². The highest BCUT2D eigenvalue weighted by molar-refractivity contribution is 6.74. The molecule has 0 saturated heterocycles. The van der Waals surface area contributed by atoms with Gasteiger partial charge in [-0.05, 0) is 72.7 Å². The molecule has 0 radical (unpaired) electrons. The molecule has 3 nitrogen and oxygen atoms in total. The minimum Gasteiger partial charge on any atom is -0.546 e. The largest absolute Gasteiger partial charge is 0.546 e. The highest BCUT2D eigenvalue weighted by Gasteiger charge is 2.43. The number of hydrogen-bond acceptors (Lipinski definition) is 3. The Morgan fingerprint density at radius 2 is 1.52 bits per heavy atom. The molecule has 0 fully saturated rings. The van der Waals surface area contributed by atoms with Crippen LogP contribution in [0.2, 0.25) is 36.3 Å². The first-order valence-corrected chi connectivity index (χ1v) is 17.7. The zero-order valence-electron chi connectivity index (χ0n) is 22.7. The van der Waals surface area contributed by atoms with E-state index in [1.807, 2.05) is 6.26 Å². The zero-order chi connectivity index (χ0) is 24.3. The van der Waals surface area contributed by atoms with E-state index < -0.39 is 16.6 Å². The van der Waals surface area contributed by atoms with Gasteiger partial charge in [0.2, 0.25) is 8.32 Å². The summed E-state index contributed by atoms with van der Waals surface area (Å²) in [5.41, 5.74) is 1.09. The lowest BCUT2D eigenvalue weighted by Crippen LogP contribution is -2.46. The van der Waals surface area contributed by atoms with Crippen LogP contribution in [0.25, 0.3) is 0 Å². The third-order valence-corrected chi connectivity index (χ3v) is 16.2. The summed E-state index contributed by atoms with van der Waals surface area (Å²) in [6, 6.07) is 2.06. The minimum absolute atomic E-state index is 0.155. The third-order valence-electron chi connectivity index (χ3n) is 7.34. The molecule has 0 aliphatic rings. The van der Waals surface area contributed by atoms with Crippen molar-refractivity contribution in [3.8, 4) is 0 Å². The Morgan fingerprint density at radius 3 is 1.97 bits per heavy atom. The molecule has 1 aromatic rings. The van der Waals surface area contributed by atoms with Crippen molar-refractivity contribution in [2.24, 2.45) is 11.3 Å². The van der Waals surface area contributed by atoms with E-state index in [0.717, 1.165) is 18.6 Å². The molecular weight excluding hydrogens is 416 g/mol. The number of allylic oxidation sites excluding steroid dienone is 1. The van der Waals surface area contributed by atoms with Gasteiger partial charge in [0.05, 0.1) is 18.3 Å². The van der Waals surface area contributed by atoms with Crippen molar-refractivity contribution in [1.82, 2.24) is 0 Å². The van der Waals surface area contributed by atoms with Crippen LogP contribution in [0.1, 0.15) is 74.3 Å². The van der Waals surface area contributed by atoms with Gasteiger partial charge in [-0.1, -0.05) is 62.3 Å². The molecule has 1 atom stereocenters. The fourth-order valence-corrected chi connectivity index (χ4v) is 5.00. The molecule has 31 heavy (non-hydrogen) atoms. The predicted octanol–water partition coefficient (Wildman–Crippen LogP) is 8.80. The summed E-state index contributed by atoms with van der Waals surface area (Å²) < 4.78 is 18.8. The summed E-state index contributed by atoms with van der Waals surface area (Å²) in [6.07, 6.45) is 8.06. The van der Waals surface area contributed by atoms with E-state index in [2.05, 4.69) is 101 Å². The molecule has 0 saturated carbocycles. The number of rotatable bonds is 10. The van der Waals surface area contributed by atoms with Crippen molar-refractivity contribution in [3.05, 3.63) is 36.0 Å². The van der Waals surface area contributed by atoms with Crippen LogP contribution in [0.3, 0.4) is 0 Å². The van der Waals surface area contributed by atoms with Gasteiger partial charge < -0.3 is 13.3 Å². The smallest absolute Gasteiger partial charge is 0.250 e. The first-order chi connectivity index (χ1) is 13.8. The van der Waals surface area contributed by atoms with E-state index in [1.165, 1.54) is 5.56 Å². The van der Waals surface area contributed by atoms with E-state index in [-0.39, 0.29) is 15.5 Å². The highest BCUT2D eigenvalue weighted by atomic mass is 28.4. The maximum Gasteiger partial charge on any atom is 0.250 e. The fourth-order valence-electron chi connectivity index (χ4n) is 2.65. The van der Waals surface area contributed by atoms with Crippen molar-refractivity contribution in [2.45, 2.75) is 111 Å². The topological polar surface area (TPSA) is 31.6 Å². The molecule has 1 heterocycles. The maximum absolute atomic E-state index is 6.94. The Labute approximate surface area is 195 Å². The van der Waals surface area contributed by atoms with Crippen LogP contribution in [0.5, 0.6) is 0 Å². The molecular formula is C26H50O3Si2. The van der Waals surface area contributed by atoms with Crippen molar-refractivity contribution < 1.29 is 13.3 Å². The molecule has 0 unspecified atom stereocenters. The molecule has 0 bridgehead atoms. The summed E-state index contributed by atoms with van der Waals surface area (Å²) in [4.78, 5) is 0. The van der Waals surface area contributed by atoms with Crippen LogP contribution >= 0.6 is 0 Å². The molecule has 0 aromatic carbocycles. The molecule has 5 heteroatoms. The lowest BCUT2D eigenvalue weighted by atomic mass is 9.89. The van der Waals surface area contributed by atoms with E-state index in [1.54, 1.807) is 6.26 Å². The van der Waals surface area contributed by atoms with Crippen LogP contribution in [-0.2, 0) is 15.3 Å². The van der Waals surface area contributed by atoms with Crippen molar-refractivity contribution in [2.75, 3.05) is 6.61 Å². The molecule has 0 aliphatic carbocycles. The molecule has 0 amide bonds. The Morgan fingerprint density at radius 1 is 0.968 bits per heavy atom. The van der Waals surface area contributed by atoms with Crippen molar-refractivity contribution in [3.63, 3.8) is 0 Å². The monoisotopic (exact) mass is 466 g/mol. The van der Waals surface area contributed by atoms with Gasteiger partial charge in [-0.15, -0.1) is 0 Å². The van der Waals surface area contributed by atoms with Crippen LogP contribution in [-0.4, -0.2) is 23.2 Å². The average molecular weight is 467 g/mol. The predicted molar refractivity (Wildman–Crippen MR) is 139 cm³/mol. The number of aryl methyl sites for hydroxylation is 1. The quantitative estimate of drug-likeness (QED) is 0.255. The number of hydrogen-bond donors (Lipinski definition) is 0. The van der Waals surface area contributed by atoms with Crippen LogP contribution < -0.4 is 0 Å². The van der Waals surface area contributed by atoms with Gasteiger partial charge >= 0.3 is 0 Å². The summed E-state index contributed by atoms with van der Waals surface area (Å²) in [5.74, 6) is 1.53. The van der Waals surface area contributed by atoms with Gasteiger partial charge in [0.15, 0.2) is 8.32 Å². The molecule has 0 aliphatic heterocycles. The summed E-state index contributed by atoms with van der Waals surface area (Å²) in [7, 11) is -3.79. The van der Waals surface area contributed by atoms with Gasteiger partial charge in [-0.3, -0.25) is 0 Å². The standard InChI is InChI=1S/C26H50O3Si2/c1-21(14-15-22-16-17-27-19-22)18-23(29-31(12,13)25(5,6)7)26(8,9)20-28-30(10,11)24(2,3)4/h16-19,21H,14-15,20H2,1-13H3/b23-18+/t21-/m0/s1. The Balaban J connectivity index is 3.12. The van der Waals surface area contributed by atoms with Gasteiger partial charge in [-0.2, -0.15) is 0 Å². The average Bonchev–Trinajstić information content (AvgIpc) is 3.09. The molecule has 180 valence electrons. The first-order valence-electron chi connectivity index (χ1n) is 11.8. The summed E-state index contributed by atoms with van der Waals surface area (Å²) in [6.45, 7) is 30.7. The lowest BCUT2D eigenvalue weighted by molar-refractivity contribution is 0.147. The van der Waals surface area contributed by atoms with E-state index in [9.17, 15) is 0 Å². The molecule has 1 aromatic heterocycles. The second-order valence-corrected chi connectivity index (χ2v) is 22.5. The lowest BCUT2D eigenvalue weighted by Gasteiger charge is -2.43. The summed E-state index contributed by atoms with van der Waals surface area (Å²) >= 11 is 0.